The normalized spacial score (nSPS) is 26.0. The van der Waals surface area contributed by atoms with E-state index in [4.69, 9.17) is 4.74 Å². The molecule has 0 saturated carbocycles. The van der Waals surface area contributed by atoms with Gasteiger partial charge in [0.1, 0.15) is 5.60 Å². The summed E-state index contributed by atoms with van der Waals surface area (Å²) in [5, 5.41) is 0. The number of hydrogen-bond acceptors (Lipinski definition) is 2. The van der Waals surface area contributed by atoms with E-state index in [0.29, 0.717) is 5.92 Å². The second-order valence-electron chi connectivity index (χ2n) is 8.31. The first kappa shape index (κ1) is 17.3. The topological polar surface area (TPSA) is 26.3 Å². The standard InChI is InChI=1S/C20H32O2/c1-19(2,17-13-9-6-10-14-17)15-20(3,4)22-18(21)16-11-7-5-8-12-16/h5-7,9,16-17H,8,10-15H2,1-4H3. The fourth-order valence-electron chi connectivity index (χ4n) is 4.14. The molecule has 2 nitrogen and oxygen atoms in total. The van der Waals surface area contributed by atoms with Crippen molar-refractivity contribution in [2.24, 2.45) is 17.3 Å². The van der Waals surface area contributed by atoms with Crippen molar-refractivity contribution in [1.82, 2.24) is 0 Å². The van der Waals surface area contributed by atoms with E-state index in [9.17, 15) is 4.79 Å². The van der Waals surface area contributed by atoms with Crippen LogP contribution in [0.2, 0.25) is 0 Å². The largest absolute Gasteiger partial charge is 0.459 e. The van der Waals surface area contributed by atoms with Crippen molar-refractivity contribution < 1.29 is 9.53 Å². The first-order valence-electron chi connectivity index (χ1n) is 8.83. The summed E-state index contributed by atoms with van der Waals surface area (Å²) in [6, 6.07) is 0. The molecular formula is C20H32O2. The highest BCUT2D eigenvalue weighted by Crippen LogP contribution is 2.42. The Morgan fingerprint density at radius 3 is 2.18 bits per heavy atom. The molecule has 0 bridgehead atoms. The SMILES string of the molecule is CC(C)(CC(C)(C)C1CC=CCC1)OC(=O)C1CC=CCC1. The van der Waals surface area contributed by atoms with E-state index in [0.717, 1.165) is 32.1 Å². The van der Waals surface area contributed by atoms with Crippen LogP contribution in [-0.2, 0) is 9.53 Å². The molecule has 0 heterocycles. The summed E-state index contributed by atoms with van der Waals surface area (Å²) in [5.74, 6) is 0.742. The summed E-state index contributed by atoms with van der Waals surface area (Å²) < 4.78 is 5.91. The predicted octanol–water partition coefficient (Wildman–Crippen LogP) is 5.44. The number of esters is 1. The molecule has 0 spiro atoms. The maximum absolute atomic E-state index is 12.4. The number of ether oxygens (including phenoxy) is 1. The smallest absolute Gasteiger partial charge is 0.309 e. The Bertz CT molecular complexity index is 443. The Kier molecular flexibility index (Phi) is 5.52. The van der Waals surface area contributed by atoms with Gasteiger partial charge in [0.2, 0.25) is 0 Å². The molecule has 0 fully saturated rings. The van der Waals surface area contributed by atoms with Crippen LogP contribution in [0.25, 0.3) is 0 Å². The van der Waals surface area contributed by atoms with E-state index in [-0.39, 0.29) is 22.9 Å². The van der Waals surface area contributed by atoms with Crippen LogP contribution >= 0.6 is 0 Å². The molecule has 124 valence electrons. The van der Waals surface area contributed by atoms with Crippen molar-refractivity contribution in [1.29, 1.82) is 0 Å². The summed E-state index contributed by atoms with van der Waals surface area (Å²) in [4.78, 5) is 12.4. The fraction of sp³-hybridized carbons (Fsp3) is 0.750. The van der Waals surface area contributed by atoms with Crippen LogP contribution < -0.4 is 0 Å². The van der Waals surface area contributed by atoms with Gasteiger partial charge >= 0.3 is 5.97 Å². The van der Waals surface area contributed by atoms with Crippen LogP contribution in [0.5, 0.6) is 0 Å². The quantitative estimate of drug-likeness (QED) is 0.499. The molecule has 2 aliphatic carbocycles. The van der Waals surface area contributed by atoms with E-state index in [1.54, 1.807) is 0 Å². The second kappa shape index (κ2) is 7.02. The van der Waals surface area contributed by atoms with Crippen molar-refractivity contribution in [2.75, 3.05) is 0 Å². The van der Waals surface area contributed by atoms with Crippen LogP contribution in [0.4, 0.5) is 0 Å². The zero-order chi connectivity index (χ0) is 16.2. The van der Waals surface area contributed by atoms with Crippen LogP contribution in [0.1, 0.15) is 72.6 Å². The molecule has 2 aliphatic rings. The maximum atomic E-state index is 12.4. The maximum Gasteiger partial charge on any atom is 0.309 e. The van der Waals surface area contributed by atoms with Gasteiger partial charge in [-0.1, -0.05) is 38.2 Å². The lowest BCUT2D eigenvalue weighted by atomic mass is 9.68. The molecule has 0 aromatic heterocycles. The van der Waals surface area contributed by atoms with E-state index in [1.165, 1.54) is 12.8 Å². The Balaban J connectivity index is 1.92. The third-order valence-corrected chi connectivity index (χ3v) is 5.23. The lowest BCUT2D eigenvalue weighted by molar-refractivity contribution is -0.165. The van der Waals surface area contributed by atoms with Gasteiger partial charge in [0.25, 0.3) is 0 Å². The molecule has 2 unspecified atom stereocenters. The molecule has 0 amide bonds. The lowest BCUT2D eigenvalue weighted by Crippen LogP contribution is -2.39. The lowest BCUT2D eigenvalue weighted by Gasteiger charge is -2.41. The Hall–Kier alpha value is -1.05. The summed E-state index contributed by atoms with van der Waals surface area (Å²) in [5.41, 5.74) is -0.191. The van der Waals surface area contributed by atoms with Crippen LogP contribution in [-0.4, -0.2) is 11.6 Å². The van der Waals surface area contributed by atoms with Crippen molar-refractivity contribution >= 4 is 5.97 Å². The number of hydrogen-bond donors (Lipinski definition) is 0. The summed E-state index contributed by atoms with van der Waals surface area (Å²) in [7, 11) is 0. The average Bonchev–Trinajstić information content (AvgIpc) is 2.47. The Labute approximate surface area is 136 Å². The number of rotatable bonds is 5. The Morgan fingerprint density at radius 2 is 1.64 bits per heavy atom. The van der Waals surface area contributed by atoms with E-state index < -0.39 is 0 Å². The predicted molar refractivity (Wildman–Crippen MR) is 91.5 cm³/mol. The molecule has 2 atom stereocenters. The molecular weight excluding hydrogens is 272 g/mol. The molecule has 0 aliphatic heterocycles. The minimum Gasteiger partial charge on any atom is -0.459 e. The molecule has 22 heavy (non-hydrogen) atoms. The molecule has 2 rings (SSSR count). The number of carbonyl (C=O) groups excluding carboxylic acids is 1. The van der Waals surface area contributed by atoms with E-state index >= 15 is 0 Å². The van der Waals surface area contributed by atoms with Gasteiger partial charge in [-0.25, -0.2) is 0 Å². The summed E-state index contributed by atoms with van der Waals surface area (Å²) >= 11 is 0. The zero-order valence-electron chi connectivity index (χ0n) is 14.7. The van der Waals surface area contributed by atoms with Crippen LogP contribution in [0.15, 0.2) is 24.3 Å². The van der Waals surface area contributed by atoms with Gasteiger partial charge in [0, 0.05) is 0 Å². The van der Waals surface area contributed by atoms with E-state index in [1.807, 2.05) is 0 Å². The second-order valence-corrected chi connectivity index (χ2v) is 8.31. The van der Waals surface area contributed by atoms with Crippen LogP contribution in [0.3, 0.4) is 0 Å². The highest BCUT2D eigenvalue weighted by Gasteiger charge is 2.38. The van der Waals surface area contributed by atoms with Gasteiger partial charge < -0.3 is 4.74 Å². The number of carbonyl (C=O) groups is 1. The van der Waals surface area contributed by atoms with Gasteiger partial charge in [0.05, 0.1) is 5.92 Å². The van der Waals surface area contributed by atoms with E-state index in [2.05, 4.69) is 52.0 Å². The monoisotopic (exact) mass is 304 g/mol. The van der Waals surface area contributed by atoms with Gasteiger partial charge in [-0.2, -0.15) is 0 Å². The summed E-state index contributed by atoms with van der Waals surface area (Å²) in [6.07, 6.45) is 16.2. The molecule has 0 aromatic carbocycles. The van der Waals surface area contributed by atoms with Crippen molar-refractivity contribution in [3.8, 4) is 0 Å². The van der Waals surface area contributed by atoms with Gasteiger partial charge in [-0.05, 0) is 70.1 Å². The van der Waals surface area contributed by atoms with Gasteiger partial charge in [0.15, 0.2) is 0 Å². The highest BCUT2D eigenvalue weighted by atomic mass is 16.6. The van der Waals surface area contributed by atoms with Crippen molar-refractivity contribution in [2.45, 2.75) is 78.2 Å². The van der Waals surface area contributed by atoms with Gasteiger partial charge in [-0.3, -0.25) is 4.79 Å². The molecule has 0 aromatic rings. The molecule has 0 saturated heterocycles. The molecule has 0 N–H and O–H groups in total. The number of allylic oxidation sites excluding steroid dienone is 4. The molecule has 0 radical (unpaired) electrons. The first-order chi connectivity index (χ1) is 10.3. The van der Waals surface area contributed by atoms with Crippen LogP contribution in [0, 0.1) is 17.3 Å². The highest BCUT2D eigenvalue weighted by molar-refractivity contribution is 5.73. The third-order valence-electron chi connectivity index (χ3n) is 5.23. The van der Waals surface area contributed by atoms with Crippen molar-refractivity contribution in [3.63, 3.8) is 0 Å². The zero-order valence-corrected chi connectivity index (χ0v) is 14.7. The first-order valence-corrected chi connectivity index (χ1v) is 8.83. The third kappa shape index (κ3) is 4.72. The molecule has 2 heteroatoms. The minimum atomic E-state index is -0.386. The van der Waals surface area contributed by atoms with Gasteiger partial charge in [-0.15, -0.1) is 0 Å². The Morgan fingerprint density at radius 1 is 1.00 bits per heavy atom. The van der Waals surface area contributed by atoms with Crippen molar-refractivity contribution in [3.05, 3.63) is 24.3 Å². The minimum absolute atomic E-state index is 0.00584. The fourth-order valence-corrected chi connectivity index (χ4v) is 4.14. The average molecular weight is 304 g/mol. The summed E-state index contributed by atoms with van der Waals surface area (Å²) in [6.45, 7) is 8.81.